The molecule has 1 heterocycles. The van der Waals surface area contributed by atoms with Gasteiger partial charge in [-0.15, -0.1) is 0 Å². The van der Waals surface area contributed by atoms with Crippen molar-refractivity contribution in [1.29, 1.82) is 0 Å². The Morgan fingerprint density at radius 1 is 1.56 bits per heavy atom. The van der Waals surface area contributed by atoms with E-state index < -0.39 is 22.8 Å². The summed E-state index contributed by atoms with van der Waals surface area (Å²) in [6.07, 6.45) is 0. The maximum Gasteiger partial charge on any atom is 0.360 e. The van der Waals surface area contributed by atoms with Crippen LogP contribution in [-0.2, 0) is 4.74 Å². The van der Waals surface area contributed by atoms with Gasteiger partial charge in [0.15, 0.2) is 11.5 Å². The van der Waals surface area contributed by atoms with Gasteiger partial charge in [0.25, 0.3) is 0 Å². The molecule has 18 heavy (non-hydrogen) atoms. The maximum atomic E-state index is 13.5. The molecule has 0 spiro atoms. The summed E-state index contributed by atoms with van der Waals surface area (Å²) in [6.45, 7) is 1.66. The van der Waals surface area contributed by atoms with E-state index in [9.17, 15) is 9.18 Å². The second-order valence-corrected chi connectivity index (χ2v) is 4.14. The average molecular weight is 307 g/mol. The van der Waals surface area contributed by atoms with Crippen molar-refractivity contribution >= 4 is 45.4 Å². The Morgan fingerprint density at radius 3 is 2.67 bits per heavy atom. The molecule has 1 rings (SSSR count). The lowest BCUT2D eigenvalue weighted by atomic mass is 9.52. The van der Waals surface area contributed by atoms with E-state index in [-0.39, 0.29) is 17.0 Å². The first-order valence-electron chi connectivity index (χ1n) is 4.83. The Balaban J connectivity index is 3.14. The minimum atomic E-state index is -2.00. The van der Waals surface area contributed by atoms with Gasteiger partial charge < -0.3 is 9.47 Å². The highest BCUT2D eigenvalue weighted by Crippen LogP contribution is 2.26. The molecule has 4 nitrogen and oxygen atoms in total. The second kappa shape index (κ2) is 5.78. The summed E-state index contributed by atoms with van der Waals surface area (Å²) >= 11 is 2.98. The van der Waals surface area contributed by atoms with Gasteiger partial charge in [-0.2, -0.15) is 0 Å². The number of nitrogens with zero attached hydrogens (tertiary/aromatic N) is 1. The number of esters is 1. The van der Waals surface area contributed by atoms with Crippen LogP contribution in [0.3, 0.4) is 0 Å². The molecular weight excluding hydrogens is 301 g/mol. The zero-order valence-corrected chi connectivity index (χ0v) is 11.0. The third kappa shape index (κ3) is 4.05. The van der Waals surface area contributed by atoms with Crippen molar-refractivity contribution in [3.8, 4) is 5.88 Å². The van der Waals surface area contributed by atoms with Gasteiger partial charge in [-0.25, -0.2) is 14.2 Å². The van der Waals surface area contributed by atoms with E-state index in [0.29, 0.717) is 0 Å². The van der Waals surface area contributed by atoms with Crippen molar-refractivity contribution in [2.45, 2.75) is 12.2 Å². The minimum absolute atomic E-state index is 0.0841. The molecule has 9 heteroatoms. The summed E-state index contributed by atoms with van der Waals surface area (Å²) in [7, 11) is 15.7. The Hall–Kier alpha value is -0.975. The van der Waals surface area contributed by atoms with Crippen molar-refractivity contribution < 1.29 is 18.7 Å². The van der Waals surface area contributed by atoms with E-state index in [2.05, 4.69) is 25.7 Å². The van der Waals surface area contributed by atoms with Gasteiger partial charge in [0.1, 0.15) is 23.5 Å². The summed E-state index contributed by atoms with van der Waals surface area (Å²) in [5.74, 6) is -2.01. The van der Waals surface area contributed by atoms with Crippen LogP contribution in [0.25, 0.3) is 0 Å². The number of halogens is 2. The molecule has 0 aromatic carbocycles. The van der Waals surface area contributed by atoms with Gasteiger partial charge >= 0.3 is 5.97 Å². The normalized spacial score (nSPS) is 11.1. The fourth-order valence-electron chi connectivity index (χ4n) is 1.03. The van der Waals surface area contributed by atoms with E-state index in [1.165, 1.54) is 0 Å². The number of pyridine rings is 1. The van der Waals surface area contributed by atoms with E-state index in [1.54, 1.807) is 6.92 Å². The lowest BCUT2D eigenvalue weighted by Crippen LogP contribution is -2.38. The fraction of sp³-hybridized carbons (Fsp3) is 0.333. The van der Waals surface area contributed by atoms with Crippen LogP contribution in [0.1, 0.15) is 17.4 Å². The Morgan fingerprint density at radius 2 is 2.17 bits per heavy atom. The lowest BCUT2D eigenvalue weighted by Gasteiger charge is -2.23. The quantitative estimate of drug-likeness (QED) is 0.605. The molecule has 1 aromatic heterocycles. The number of aromatic nitrogens is 1. The summed E-state index contributed by atoms with van der Waals surface area (Å²) in [4.78, 5) is 15.0. The molecule has 0 bridgehead atoms. The molecule has 0 aliphatic carbocycles. The first kappa shape index (κ1) is 15.1. The van der Waals surface area contributed by atoms with Crippen LogP contribution in [0.5, 0.6) is 5.88 Å². The molecule has 0 fully saturated rings. The molecule has 6 radical (unpaired) electrons. The molecule has 0 unspecified atom stereocenters. The van der Waals surface area contributed by atoms with Crippen LogP contribution in [0.4, 0.5) is 4.39 Å². The number of hydrogen-bond acceptors (Lipinski definition) is 4. The van der Waals surface area contributed by atoms with Crippen LogP contribution < -0.4 is 4.74 Å². The average Bonchev–Trinajstić information content (AvgIpc) is 2.20. The third-order valence-electron chi connectivity index (χ3n) is 1.64. The lowest BCUT2D eigenvalue weighted by molar-refractivity contribution is 0.0512. The number of carbonyl (C=O) groups is 1. The van der Waals surface area contributed by atoms with Crippen LogP contribution >= 0.6 is 15.9 Å². The largest absolute Gasteiger partial charge is 0.500 e. The van der Waals surface area contributed by atoms with Gasteiger partial charge in [-0.05, 0) is 34.2 Å². The van der Waals surface area contributed by atoms with E-state index in [0.717, 1.165) is 6.07 Å². The summed E-state index contributed by atoms with van der Waals surface area (Å²) < 4.78 is 23.1. The van der Waals surface area contributed by atoms with Gasteiger partial charge in [0, 0.05) is 0 Å². The van der Waals surface area contributed by atoms with Crippen LogP contribution in [0.15, 0.2) is 10.5 Å². The topological polar surface area (TPSA) is 48.4 Å². The van der Waals surface area contributed by atoms with Crippen LogP contribution in [-0.4, -0.2) is 46.4 Å². The summed E-state index contributed by atoms with van der Waals surface area (Å²) in [5.41, 5.74) is -0.542. The molecule has 1 aromatic rings. The SMILES string of the molecule is [B]C([B])([B])Oc1nc(C(=O)OCC)c(F)cc1Br. The highest BCUT2D eigenvalue weighted by Gasteiger charge is 2.21. The van der Waals surface area contributed by atoms with Crippen molar-refractivity contribution in [2.24, 2.45) is 0 Å². The number of hydrogen-bond donors (Lipinski definition) is 0. The number of rotatable bonds is 4. The molecule has 0 amide bonds. The standard InChI is InChI=1S/C9H6B3BrFNO3/c1-2-17-8(16)6-5(14)3-4(13)7(15-6)18-9(10,11)12/h3H,2H2,1H3. The molecule has 0 saturated carbocycles. The van der Waals surface area contributed by atoms with Gasteiger partial charge in [0.05, 0.1) is 11.1 Å². The molecule has 0 atom stereocenters. The smallest absolute Gasteiger partial charge is 0.360 e. The summed E-state index contributed by atoms with van der Waals surface area (Å²) in [5, 5.41) is -2.00. The van der Waals surface area contributed by atoms with Crippen molar-refractivity contribution in [2.75, 3.05) is 6.61 Å². The zero-order chi connectivity index (χ0) is 13.9. The minimum Gasteiger partial charge on any atom is -0.500 e. The first-order valence-corrected chi connectivity index (χ1v) is 5.62. The Bertz CT molecular complexity index is 467. The van der Waals surface area contributed by atoms with Crippen molar-refractivity contribution in [1.82, 2.24) is 4.98 Å². The van der Waals surface area contributed by atoms with Gasteiger partial charge in [0.2, 0.25) is 5.88 Å². The maximum absolute atomic E-state index is 13.5. The van der Waals surface area contributed by atoms with E-state index in [1.807, 2.05) is 0 Å². The molecule has 0 aliphatic heterocycles. The molecule has 0 N–H and O–H groups in total. The highest BCUT2D eigenvalue weighted by molar-refractivity contribution is 9.10. The van der Waals surface area contributed by atoms with E-state index >= 15 is 0 Å². The third-order valence-corrected chi connectivity index (χ3v) is 2.21. The zero-order valence-electron chi connectivity index (χ0n) is 9.44. The fourth-order valence-corrected chi connectivity index (χ4v) is 1.40. The Kier molecular flexibility index (Phi) is 4.84. The molecular formula is C9H6B3BrFNO3. The molecule has 0 aliphatic rings. The van der Waals surface area contributed by atoms with Crippen LogP contribution in [0, 0.1) is 5.82 Å². The predicted octanol–water partition coefficient (Wildman–Crippen LogP) is 0.655. The van der Waals surface area contributed by atoms with Crippen LogP contribution in [0.2, 0.25) is 0 Å². The predicted molar refractivity (Wildman–Crippen MR) is 68.5 cm³/mol. The van der Waals surface area contributed by atoms with Gasteiger partial charge in [-0.1, -0.05) is 0 Å². The summed E-state index contributed by atoms with van der Waals surface area (Å²) in [6, 6.07) is 0.973. The van der Waals surface area contributed by atoms with E-state index in [4.69, 9.17) is 28.3 Å². The number of ether oxygens (including phenoxy) is 2. The van der Waals surface area contributed by atoms with Gasteiger partial charge in [-0.3, -0.25) is 0 Å². The molecule has 88 valence electrons. The first-order chi connectivity index (χ1) is 8.24. The molecule has 0 saturated heterocycles. The monoisotopic (exact) mass is 307 g/mol. The van der Waals surface area contributed by atoms with Crippen molar-refractivity contribution in [3.63, 3.8) is 0 Å². The number of carbonyl (C=O) groups excluding carboxylic acids is 1. The highest BCUT2D eigenvalue weighted by atomic mass is 79.9. The van der Waals surface area contributed by atoms with Crippen molar-refractivity contribution in [3.05, 3.63) is 22.1 Å². The Labute approximate surface area is 116 Å². The second-order valence-electron chi connectivity index (χ2n) is 3.28.